The zero-order chi connectivity index (χ0) is 16.1. The van der Waals surface area contributed by atoms with Gasteiger partial charge in [-0.05, 0) is 26.0 Å². The highest BCUT2D eigenvalue weighted by Crippen LogP contribution is 2.35. The minimum Gasteiger partial charge on any atom is -0.325 e. The molecule has 1 aromatic heterocycles. The first-order valence-electron chi connectivity index (χ1n) is 6.75. The molecule has 0 saturated heterocycles. The van der Waals surface area contributed by atoms with Crippen molar-refractivity contribution < 1.29 is 13.2 Å². The number of fused-ring (bicyclic) bond motifs is 1. The molecule has 1 aromatic carbocycles. The maximum atomic E-state index is 12.9. The second-order valence-corrected chi connectivity index (χ2v) is 6.47. The molecule has 2 N–H and O–H groups in total. The Balaban J connectivity index is 2.71. The van der Waals surface area contributed by atoms with Gasteiger partial charge < -0.3 is 10.3 Å². The summed E-state index contributed by atoms with van der Waals surface area (Å²) in [4.78, 5) is 4.42. The Kier molecular flexibility index (Phi) is 3.56. The number of para-hydroxylation sites is 2. The van der Waals surface area contributed by atoms with E-state index in [1.165, 1.54) is 4.57 Å². The van der Waals surface area contributed by atoms with Crippen molar-refractivity contribution >= 4 is 11.0 Å². The van der Waals surface area contributed by atoms with Crippen LogP contribution in [0.15, 0.2) is 24.3 Å². The monoisotopic (exact) mass is 299 g/mol. The van der Waals surface area contributed by atoms with Crippen LogP contribution in [0.5, 0.6) is 0 Å². The Hall–Kier alpha value is -1.56. The molecule has 0 bridgehead atoms. The highest BCUT2D eigenvalue weighted by atomic mass is 19.4. The minimum atomic E-state index is -4.31. The van der Waals surface area contributed by atoms with Crippen LogP contribution in [0.1, 0.15) is 33.5 Å². The number of hydrogen-bond donors (Lipinski definition) is 1. The van der Waals surface area contributed by atoms with Crippen molar-refractivity contribution in [3.63, 3.8) is 0 Å². The molecule has 0 amide bonds. The summed E-state index contributed by atoms with van der Waals surface area (Å²) >= 11 is 0. The third kappa shape index (κ3) is 2.90. The summed E-state index contributed by atoms with van der Waals surface area (Å²) in [5, 5.41) is 0. The van der Waals surface area contributed by atoms with Crippen molar-refractivity contribution in [2.45, 2.75) is 51.4 Å². The number of nitrogens with zero attached hydrogens (tertiary/aromatic N) is 2. The minimum absolute atomic E-state index is 0.355. The molecule has 2 aromatic rings. The Morgan fingerprint density at radius 1 is 1.10 bits per heavy atom. The van der Waals surface area contributed by atoms with Crippen LogP contribution in [0.4, 0.5) is 13.2 Å². The highest BCUT2D eigenvalue weighted by molar-refractivity contribution is 5.76. The molecule has 21 heavy (non-hydrogen) atoms. The SMILES string of the molecule is CC(C)(N)C(C)(C)c1nc2ccccc2n1CC(F)(F)F. The van der Waals surface area contributed by atoms with Crippen molar-refractivity contribution in [3.8, 4) is 0 Å². The third-order valence-electron chi connectivity index (χ3n) is 4.16. The lowest BCUT2D eigenvalue weighted by molar-refractivity contribution is -0.140. The van der Waals surface area contributed by atoms with Gasteiger partial charge in [-0.15, -0.1) is 0 Å². The molecule has 0 aliphatic rings. The summed E-state index contributed by atoms with van der Waals surface area (Å²) in [5.74, 6) is 0.355. The standard InChI is InChI=1S/C15H20F3N3/c1-13(2,14(3,4)19)12-20-10-7-5-6-8-11(10)21(12)9-15(16,17)18/h5-8H,9,19H2,1-4H3. The molecule has 6 heteroatoms. The van der Waals surface area contributed by atoms with Gasteiger partial charge >= 0.3 is 6.18 Å². The second-order valence-electron chi connectivity index (χ2n) is 6.47. The highest BCUT2D eigenvalue weighted by Gasteiger charge is 2.41. The number of rotatable bonds is 3. The van der Waals surface area contributed by atoms with Gasteiger partial charge in [0.15, 0.2) is 0 Å². The van der Waals surface area contributed by atoms with E-state index >= 15 is 0 Å². The number of halogens is 3. The average Bonchev–Trinajstić information content (AvgIpc) is 2.65. The number of aromatic nitrogens is 2. The van der Waals surface area contributed by atoms with Crippen LogP contribution < -0.4 is 5.73 Å². The predicted molar refractivity (Wildman–Crippen MR) is 77.1 cm³/mol. The van der Waals surface area contributed by atoms with E-state index in [0.717, 1.165) is 0 Å². The Bertz CT molecular complexity index is 648. The third-order valence-corrected chi connectivity index (χ3v) is 4.16. The predicted octanol–water partition coefficient (Wildman–Crippen LogP) is 3.61. The van der Waals surface area contributed by atoms with Crippen molar-refractivity contribution in [1.29, 1.82) is 0 Å². The summed E-state index contributed by atoms with van der Waals surface area (Å²) in [6.07, 6.45) is -4.31. The van der Waals surface area contributed by atoms with E-state index in [1.807, 2.05) is 13.8 Å². The summed E-state index contributed by atoms with van der Waals surface area (Å²) < 4.78 is 40.0. The van der Waals surface area contributed by atoms with Gasteiger partial charge in [-0.3, -0.25) is 0 Å². The van der Waals surface area contributed by atoms with E-state index in [4.69, 9.17) is 5.73 Å². The molecule has 0 aliphatic heterocycles. The van der Waals surface area contributed by atoms with E-state index < -0.39 is 23.7 Å². The van der Waals surface area contributed by atoms with E-state index in [2.05, 4.69) is 4.98 Å². The zero-order valence-corrected chi connectivity index (χ0v) is 12.6. The largest absolute Gasteiger partial charge is 0.406 e. The molecule has 3 nitrogen and oxygen atoms in total. The molecule has 2 rings (SSSR count). The summed E-state index contributed by atoms with van der Waals surface area (Å²) in [6, 6.07) is 6.83. The normalized spacial score (nSPS) is 13.9. The van der Waals surface area contributed by atoms with Gasteiger partial charge in [0.2, 0.25) is 0 Å². The smallest absolute Gasteiger partial charge is 0.325 e. The van der Waals surface area contributed by atoms with Crippen molar-refractivity contribution in [3.05, 3.63) is 30.1 Å². The maximum absolute atomic E-state index is 12.9. The van der Waals surface area contributed by atoms with Crippen LogP contribution in [-0.2, 0) is 12.0 Å². The fourth-order valence-corrected chi connectivity index (χ4v) is 2.18. The van der Waals surface area contributed by atoms with Crippen LogP contribution in [0, 0.1) is 0 Å². The van der Waals surface area contributed by atoms with Gasteiger partial charge in [0.05, 0.1) is 11.0 Å². The quantitative estimate of drug-likeness (QED) is 0.941. The molecule has 0 spiro atoms. The van der Waals surface area contributed by atoms with E-state index in [-0.39, 0.29) is 0 Å². The molecular weight excluding hydrogens is 279 g/mol. The number of imidazole rings is 1. The lowest BCUT2D eigenvalue weighted by Crippen LogP contribution is -2.51. The first kappa shape index (κ1) is 15.8. The molecule has 0 fully saturated rings. The number of hydrogen-bond acceptors (Lipinski definition) is 2. The zero-order valence-electron chi connectivity index (χ0n) is 12.6. The molecule has 0 saturated carbocycles. The van der Waals surface area contributed by atoms with Crippen LogP contribution in [0.3, 0.4) is 0 Å². The van der Waals surface area contributed by atoms with E-state index in [1.54, 1.807) is 38.1 Å². The molecule has 0 aliphatic carbocycles. The average molecular weight is 299 g/mol. The maximum Gasteiger partial charge on any atom is 0.406 e. The Morgan fingerprint density at radius 2 is 1.67 bits per heavy atom. The Morgan fingerprint density at radius 3 is 2.19 bits per heavy atom. The van der Waals surface area contributed by atoms with E-state index in [0.29, 0.717) is 16.9 Å². The van der Waals surface area contributed by atoms with Gasteiger partial charge in [0.25, 0.3) is 0 Å². The van der Waals surface area contributed by atoms with Gasteiger partial charge in [-0.2, -0.15) is 13.2 Å². The lowest BCUT2D eigenvalue weighted by atomic mass is 9.74. The molecular formula is C15H20F3N3. The fourth-order valence-electron chi connectivity index (χ4n) is 2.18. The number of nitrogens with two attached hydrogens (primary N) is 1. The topological polar surface area (TPSA) is 43.8 Å². The molecule has 0 atom stereocenters. The first-order valence-corrected chi connectivity index (χ1v) is 6.75. The van der Waals surface area contributed by atoms with Crippen LogP contribution in [0.25, 0.3) is 11.0 Å². The summed E-state index contributed by atoms with van der Waals surface area (Å²) in [7, 11) is 0. The summed E-state index contributed by atoms with van der Waals surface area (Å²) in [5.41, 5.74) is 5.77. The van der Waals surface area contributed by atoms with E-state index in [9.17, 15) is 13.2 Å². The second kappa shape index (κ2) is 4.73. The molecule has 1 heterocycles. The van der Waals surface area contributed by atoms with Gasteiger partial charge in [-0.1, -0.05) is 26.0 Å². The van der Waals surface area contributed by atoms with Gasteiger partial charge in [0, 0.05) is 11.0 Å². The van der Waals surface area contributed by atoms with Crippen molar-refractivity contribution in [2.24, 2.45) is 5.73 Å². The first-order chi connectivity index (χ1) is 9.43. The fraction of sp³-hybridized carbons (Fsp3) is 0.533. The van der Waals surface area contributed by atoms with Crippen LogP contribution in [0.2, 0.25) is 0 Å². The lowest BCUT2D eigenvalue weighted by Gasteiger charge is -2.38. The number of alkyl halides is 3. The van der Waals surface area contributed by atoms with Crippen molar-refractivity contribution in [1.82, 2.24) is 9.55 Å². The number of benzene rings is 1. The molecule has 0 radical (unpaired) electrons. The Labute approximate surface area is 122 Å². The van der Waals surface area contributed by atoms with Gasteiger partial charge in [-0.25, -0.2) is 4.98 Å². The van der Waals surface area contributed by atoms with Crippen LogP contribution in [-0.4, -0.2) is 21.3 Å². The molecule has 116 valence electrons. The summed E-state index contributed by atoms with van der Waals surface area (Å²) in [6.45, 7) is 6.17. The molecule has 0 unspecified atom stereocenters. The van der Waals surface area contributed by atoms with Gasteiger partial charge in [0.1, 0.15) is 12.4 Å². The van der Waals surface area contributed by atoms with Crippen LogP contribution >= 0.6 is 0 Å². The van der Waals surface area contributed by atoms with Crippen molar-refractivity contribution in [2.75, 3.05) is 0 Å².